The average molecular weight is 211 g/mol. The van der Waals surface area contributed by atoms with Gasteiger partial charge in [-0.15, -0.1) is 0 Å². The van der Waals surface area contributed by atoms with Crippen molar-refractivity contribution in [2.45, 2.75) is 38.1 Å². The fourth-order valence-electron chi connectivity index (χ4n) is 2.72. The number of likely N-dealkylation sites (tertiary alicyclic amines) is 1. The molecule has 4 nitrogen and oxygen atoms in total. The number of hydrogen-bond acceptors (Lipinski definition) is 3. The summed E-state index contributed by atoms with van der Waals surface area (Å²) in [5.74, 6) is 0. The van der Waals surface area contributed by atoms with Gasteiger partial charge in [-0.2, -0.15) is 0 Å². The summed E-state index contributed by atoms with van der Waals surface area (Å²) in [6.45, 7) is 4.57. The number of hydrogen-bond donors (Lipinski definition) is 1. The molecule has 2 saturated heterocycles. The predicted octanol–water partition coefficient (Wildman–Crippen LogP) is 0.598. The average Bonchev–Trinajstić information content (AvgIpc) is 2.32. The van der Waals surface area contributed by atoms with Gasteiger partial charge in [-0.1, -0.05) is 6.42 Å². The fraction of sp³-hybridized carbons (Fsp3) is 0.909. The number of piperidine rings is 2. The molecule has 0 saturated carbocycles. The van der Waals surface area contributed by atoms with Gasteiger partial charge in [0.05, 0.1) is 0 Å². The van der Waals surface area contributed by atoms with Crippen molar-refractivity contribution in [3.63, 3.8) is 0 Å². The number of nitrogens with zero attached hydrogens (tertiary/aromatic N) is 2. The lowest BCUT2D eigenvalue weighted by Crippen LogP contribution is -2.50. The Balaban J connectivity index is 1.74. The normalized spacial score (nSPS) is 26.4. The van der Waals surface area contributed by atoms with E-state index < -0.39 is 0 Å². The molecule has 0 radical (unpaired) electrons. The highest BCUT2D eigenvalue weighted by Crippen LogP contribution is 2.19. The van der Waals surface area contributed by atoms with Crippen molar-refractivity contribution in [1.29, 1.82) is 0 Å². The van der Waals surface area contributed by atoms with Crippen molar-refractivity contribution in [2.24, 2.45) is 0 Å². The van der Waals surface area contributed by atoms with Gasteiger partial charge in [0.15, 0.2) is 0 Å². The Bertz CT molecular complexity index is 196. The van der Waals surface area contributed by atoms with Crippen LogP contribution in [0.3, 0.4) is 0 Å². The van der Waals surface area contributed by atoms with Gasteiger partial charge in [-0.3, -0.25) is 10.2 Å². The van der Waals surface area contributed by atoms with Crippen LogP contribution in [-0.2, 0) is 4.79 Å². The zero-order chi connectivity index (χ0) is 10.5. The first kappa shape index (κ1) is 10.9. The summed E-state index contributed by atoms with van der Waals surface area (Å²) in [4.78, 5) is 12.9. The topological polar surface area (TPSA) is 35.6 Å². The molecule has 2 aliphatic rings. The molecule has 2 aliphatic heterocycles. The number of carbonyl (C=O) groups is 1. The van der Waals surface area contributed by atoms with Gasteiger partial charge >= 0.3 is 0 Å². The number of carbonyl (C=O) groups excluding carboxylic acids is 1. The monoisotopic (exact) mass is 211 g/mol. The van der Waals surface area contributed by atoms with Gasteiger partial charge in [-0.25, -0.2) is 5.01 Å². The van der Waals surface area contributed by atoms with Crippen molar-refractivity contribution in [3.8, 4) is 0 Å². The maximum atomic E-state index is 10.3. The van der Waals surface area contributed by atoms with Gasteiger partial charge in [0.2, 0.25) is 6.41 Å². The van der Waals surface area contributed by atoms with E-state index in [4.69, 9.17) is 0 Å². The van der Waals surface area contributed by atoms with Crippen LogP contribution in [0.2, 0.25) is 0 Å². The first-order chi connectivity index (χ1) is 7.40. The van der Waals surface area contributed by atoms with Gasteiger partial charge in [0.25, 0.3) is 0 Å². The third-order valence-electron chi connectivity index (χ3n) is 3.61. The van der Waals surface area contributed by atoms with E-state index in [1.165, 1.54) is 45.2 Å². The second-order valence-electron chi connectivity index (χ2n) is 4.56. The standard InChI is InChI=1S/C11H21N3O/c15-10-12-14-8-4-11(5-9-14)13-6-2-1-3-7-13/h10-11H,1-9H2,(H,12,15). The van der Waals surface area contributed by atoms with E-state index in [-0.39, 0.29) is 0 Å². The molecule has 0 unspecified atom stereocenters. The van der Waals surface area contributed by atoms with Crippen LogP contribution < -0.4 is 5.43 Å². The molecule has 1 amide bonds. The van der Waals surface area contributed by atoms with Crippen molar-refractivity contribution in [3.05, 3.63) is 0 Å². The van der Waals surface area contributed by atoms with Gasteiger partial charge < -0.3 is 4.90 Å². The van der Waals surface area contributed by atoms with Crippen LogP contribution in [0, 0.1) is 0 Å². The smallest absolute Gasteiger partial charge is 0.221 e. The molecule has 2 rings (SSSR count). The second-order valence-corrected chi connectivity index (χ2v) is 4.56. The Morgan fingerprint density at radius 3 is 2.27 bits per heavy atom. The molecule has 0 bridgehead atoms. The van der Waals surface area contributed by atoms with Crippen LogP contribution in [0.15, 0.2) is 0 Å². The molecule has 1 N–H and O–H groups in total. The summed E-state index contributed by atoms with van der Waals surface area (Å²) in [5.41, 5.74) is 2.74. The zero-order valence-corrected chi connectivity index (χ0v) is 9.32. The summed E-state index contributed by atoms with van der Waals surface area (Å²) in [6.07, 6.45) is 7.31. The van der Waals surface area contributed by atoms with Crippen LogP contribution in [0.1, 0.15) is 32.1 Å². The quantitative estimate of drug-likeness (QED) is 0.694. The van der Waals surface area contributed by atoms with E-state index in [1.807, 2.05) is 5.01 Å². The van der Waals surface area contributed by atoms with E-state index in [1.54, 1.807) is 0 Å². The SMILES string of the molecule is O=CNN1CCC(N2CCCCC2)CC1. The molecule has 2 heterocycles. The van der Waals surface area contributed by atoms with E-state index in [2.05, 4.69) is 10.3 Å². The summed E-state index contributed by atoms with van der Waals surface area (Å²) in [7, 11) is 0. The molecule has 4 heteroatoms. The van der Waals surface area contributed by atoms with Crippen LogP contribution in [0.4, 0.5) is 0 Å². The molecule has 0 aromatic rings. The first-order valence-electron chi connectivity index (χ1n) is 6.09. The zero-order valence-electron chi connectivity index (χ0n) is 9.32. The summed E-state index contributed by atoms with van der Waals surface area (Å²) < 4.78 is 0. The molecular weight excluding hydrogens is 190 g/mol. The number of hydrazine groups is 1. The Labute approximate surface area is 91.6 Å². The minimum atomic E-state index is 0.759. The Morgan fingerprint density at radius 2 is 1.67 bits per heavy atom. The Kier molecular flexibility index (Phi) is 3.97. The van der Waals surface area contributed by atoms with Crippen molar-refractivity contribution in [1.82, 2.24) is 15.3 Å². The minimum absolute atomic E-state index is 0.759. The third kappa shape index (κ3) is 2.92. The minimum Gasteiger partial charge on any atom is -0.300 e. The molecule has 0 aromatic carbocycles. The predicted molar refractivity (Wildman–Crippen MR) is 59.2 cm³/mol. The second kappa shape index (κ2) is 5.47. The summed E-state index contributed by atoms with van der Waals surface area (Å²) in [6, 6.07) is 0.759. The van der Waals surface area contributed by atoms with Crippen molar-refractivity contribution >= 4 is 6.41 Å². The number of amides is 1. The van der Waals surface area contributed by atoms with Crippen LogP contribution in [0.25, 0.3) is 0 Å². The lowest BCUT2D eigenvalue weighted by atomic mass is 10.0. The first-order valence-corrected chi connectivity index (χ1v) is 6.09. The third-order valence-corrected chi connectivity index (χ3v) is 3.61. The van der Waals surface area contributed by atoms with E-state index in [9.17, 15) is 4.79 Å². The molecule has 2 fully saturated rings. The largest absolute Gasteiger partial charge is 0.300 e. The maximum Gasteiger partial charge on any atom is 0.221 e. The number of rotatable bonds is 3. The summed E-state index contributed by atoms with van der Waals surface area (Å²) >= 11 is 0. The van der Waals surface area contributed by atoms with E-state index in [0.717, 1.165) is 25.5 Å². The lowest BCUT2D eigenvalue weighted by molar-refractivity contribution is -0.114. The highest BCUT2D eigenvalue weighted by Gasteiger charge is 2.25. The molecule has 0 atom stereocenters. The fourth-order valence-corrected chi connectivity index (χ4v) is 2.72. The summed E-state index contributed by atoms with van der Waals surface area (Å²) in [5, 5.41) is 2.02. The van der Waals surface area contributed by atoms with E-state index in [0.29, 0.717) is 0 Å². The van der Waals surface area contributed by atoms with Crippen LogP contribution in [-0.4, -0.2) is 48.5 Å². The Morgan fingerprint density at radius 1 is 1.00 bits per heavy atom. The van der Waals surface area contributed by atoms with Gasteiger partial charge in [0, 0.05) is 19.1 Å². The van der Waals surface area contributed by atoms with Crippen molar-refractivity contribution < 1.29 is 4.79 Å². The highest BCUT2D eigenvalue weighted by molar-refractivity contribution is 5.44. The lowest BCUT2D eigenvalue weighted by Gasteiger charge is -2.39. The molecule has 15 heavy (non-hydrogen) atoms. The van der Waals surface area contributed by atoms with Crippen molar-refractivity contribution in [2.75, 3.05) is 26.2 Å². The highest BCUT2D eigenvalue weighted by atomic mass is 16.1. The molecule has 0 aliphatic carbocycles. The molecule has 86 valence electrons. The Hall–Kier alpha value is -0.610. The van der Waals surface area contributed by atoms with Gasteiger partial charge in [-0.05, 0) is 38.8 Å². The van der Waals surface area contributed by atoms with Gasteiger partial charge in [0.1, 0.15) is 0 Å². The molecule has 0 spiro atoms. The maximum absolute atomic E-state index is 10.3. The molecule has 0 aromatic heterocycles. The van der Waals surface area contributed by atoms with Crippen LogP contribution in [0.5, 0.6) is 0 Å². The number of nitrogens with one attached hydrogen (secondary N) is 1. The molecular formula is C11H21N3O. The van der Waals surface area contributed by atoms with E-state index >= 15 is 0 Å². The van der Waals surface area contributed by atoms with Crippen LogP contribution >= 0.6 is 0 Å².